The molecule has 4 aliphatic rings. The lowest BCUT2D eigenvalue weighted by atomic mass is 9.46. The van der Waals surface area contributed by atoms with Crippen LogP contribution < -0.4 is 5.11 Å². The highest BCUT2D eigenvalue weighted by Crippen LogP contribution is 2.65. The standard InChI is InChI=1S/C15H19N3O4/c19-13(20)6-14-2-10-1-11(3-14)5-15(4-10,9-14)17-8-12(7-16-17)18(21)22/h7-8,10-11H,1-6,9H2,(H,19,20)/p-1/t10-,11+,14?,15?. The summed E-state index contributed by atoms with van der Waals surface area (Å²) in [5, 5.41) is 26.4. The first kappa shape index (κ1) is 13.7. The summed E-state index contributed by atoms with van der Waals surface area (Å²) in [5.41, 5.74) is -0.443. The number of aliphatic carboxylic acids is 1. The first-order chi connectivity index (χ1) is 10.4. The number of carbonyl (C=O) groups is 1. The van der Waals surface area contributed by atoms with E-state index in [1.54, 1.807) is 4.68 Å². The zero-order valence-electron chi connectivity index (χ0n) is 12.2. The van der Waals surface area contributed by atoms with Crippen LogP contribution in [0, 0.1) is 27.4 Å². The van der Waals surface area contributed by atoms with Crippen molar-refractivity contribution >= 4 is 11.7 Å². The van der Waals surface area contributed by atoms with Gasteiger partial charge in [0.05, 0.1) is 10.5 Å². The summed E-state index contributed by atoms with van der Waals surface area (Å²) in [6.07, 6.45) is 8.62. The zero-order valence-corrected chi connectivity index (χ0v) is 12.2. The fourth-order valence-corrected chi connectivity index (χ4v) is 5.85. The van der Waals surface area contributed by atoms with Gasteiger partial charge in [-0.1, -0.05) is 0 Å². The van der Waals surface area contributed by atoms with Gasteiger partial charge in [-0.3, -0.25) is 14.8 Å². The highest BCUT2D eigenvalue weighted by Gasteiger charge is 2.58. The van der Waals surface area contributed by atoms with Gasteiger partial charge >= 0.3 is 5.69 Å². The molecule has 1 aromatic rings. The minimum atomic E-state index is -0.983. The molecule has 7 nitrogen and oxygen atoms in total. The first-order valence-corrected chi connectivity index (χ1v) is 7.79. The Kier molecular flexibility index (Phi) is 2.68. The van der Waals surface area contributed by atoms with Gasteiger partial charge in [0.1, 0.15) is 12.4 Å². The van der Waals surface area contributed by atoms with Crippen LogP contribution in [0.1, 0.15) is 44.9 Å². The van der Waals surface area contributed by atoms with Crippen molar-refractivity contribution in [1.82, 2.24) is 9.78 Å². The molecule has 1 heterocycles. The van der Waals surface area contributed by atoms with E-state index >= 15 is 0 Å². The van der Waals surface area contributed by atoms with Crippen LogP contribution in [-0.4, -0.2) is 20.7 Å². The van der Waals surface area contributed by atoms with E-state index in [0.29, 0.717) is 11.8 Å². The highest BCUT2D eigenvalue weighted by atomic mass is 16.6. The molecule has 0 saturated heterocycles. The van der Waals surface area contributed by atoms with Gasteiger partial charge in [0.15, 0.2) is 0 Å². The van der Waals surface area contributed by atoms with Crippen molar-refractivity contribution in [1.29, 1.82) is 0 Å². The summed E-state index contributed by atoms with van der Waals surface area (Å²) >= 11 is 0. The summed E-state index contributed by atoms with van der Waals surface area (Å²) in [6.45, 7) is 0. The number of nitrogens with zero attached hydrogens (tertiary/aromatic N) is 3. The molecule has 4 aliphatic carbocycles. The van der Waals surface area contributed by atoms with Gasteiger partial charge in [0, 0.05) is 5.97 Å². The van der Waals surface area contributed by atoms with Crippen LogP contribution in [0.4, 0.5) is 5.69 Å². The van der Waals surface area contributed by atoms with E-state index in [1.165, 1.54) is 12.4 Å². The van der Waals surface area contributed by atoms with Gasteiger partial charge in [-0.2, -0.15) is 5.10 Å². The molecule has 4 fully saturated rings. The van der Waals surface area contributed by atoms with Gasteiger partial charge in [-0.15, -0.1) is 0 Å². The van der Waals surface area contributed by atoms with E-state index in [9.17, 15) is 20.0 Å². The molecule has 4 atom stereocenters. The molecule has 5 rings (SSSR count). The molecule has 0 amide bonds. The second-order valence-corrected chi connectivity index (χ2v) is 7.63. The average Bonchev–Trinajstić information content (AvgIpc) is 2.85. The molecule has 22 heavy (non-hydrogen) atoms. The number of carboxylic acid groups (broad SMARTS) is 1. The SMILES string of the molecule is O=C([O-])CC12C[C@H]3C[C@@H](C1)CC(n1cc([N+](=O)[O-])cn1)(C3)C2. The Morgan fingerprint density at radius 1 is 1.36 bits per heavy atom. The predicted molar refractivity (Wildman–Crippen MR) is 73.6 cm³/mol. The van der Waals surface area contributed by atoms with Gasteiger partial charge in [-0.05, 0) is 62.2 Å². The third-order valence-corrected chi connectivity index (χ3v) is 5.94. The lowest BCUT2D eigenvalue weighted by Crippen LogP contribution is -2.57. The lowest BCUT2D eigenvalue weighted by molar-refractivity contribution is -0.385. The molecule has 0 spiro atoms. The average molecular weight is 304 g/mol. The third kappa shape index (κ3) is 1.94. The number of hydrogen-bond donors (Lipinski definition) is 0. The van der Waals surface area contributed by atoms with Crippen LogP contribution in [0.3, 0.4) is 0 Å². The van der Waals surface area contributed by atoms with Gasteiger partial charge < -0.3 is 9.90 Å². The molecule has 4 bridgehead atoms. The van der Waals surface area contributed by atoms with Crippen LogP contribution in [0.25, 0.3) is 0 Å². The minimum Gasteiger partial charge on any atom is -0.550 e. The monoisotopic (exact) mass is 304 g/mol. The Balaban J connectivity index is 1.71. The predicted octanol–water partition coefficient (Wildman–Crippen LogP) is 1.23. The maximum Gasteiger partial charge on any atom is 0.307 e. The molecule has 1 aromatic heterocycles. The van der Waals surface area contributed by atoms with Crippen LogP contribution in [-0.2, 0) is 10.3 Å². The Hall–Kier alpha value is -1.92. The Morgan fingerprint density at radius 3 is 2.59 bits per heavy atom. The van der Waals surface area contributed by atoms with Crippen LogP contribution >= 0.6 is 0 Å². The second-order valence-electron chi connectivity index (χ2n) is 7.63. The summed E-state index contributed by atoms with van der Waals surface area (Å²) in [7, 11) is 0. The van der Waals surface area contributed by atoms with E-state index in [1.807, 2.05) is 0 Å². The Bertz CT molecular complexity index is 639. The number of aromatic nitrogens is 2. The Labute approximate surface area is 127 Å². The molecular formula is C15H18N3O4-. The van der Waals surface area contributed by atoms with Gasteiger partial charge in [-0.25, -0.2) is 0 Å². The lowest BCUT2D eigenvalue weighted by Gasteiger charge is -2.62. The summed E-state index contributed by atoms with van der Waals surface area (Å²) in [6, 6.07) is 0. The van der Waals surface area contributed by atoms with Crippen molar-refractivity contribution in [2.75, 3.05) is 0 Å². The van der Waals surface area contributed by atoms with Crippen molar-refractivity contribution in [3.63, 3.8) is 0 Å². The second kappa shape index (κ2) is 4.30. The van der Waals surface area contributed by atoms with Crippen molar-refractivity contribution in [3.05, 3.63) is 22.5 Å². The number of carbonyl (C=O) groups excluding carboxylic acids is 1. The van der Waals surface area contributed by atoms with Crippen molar-refractivity contribution in [3.8, 4) is 0 Å². The van der Waals surface area contributed by atoms with E-state index in [4.69, 9.17) is 0 Å². The van der Waals surface area contributed by atoms with Crippen LogP contribution in [0.15, 0.2) is 12.4 Å². The summed E-state index contributed by atoms with van der Waals surface area (Å²) in [4.78, 5) is 21.7. The Morgan fingerprint density at radius 2 is 2.05 bits per heavy atom. The fraction of sp³-hybridized carbons (Fsp3) is 0.733. The number of hydrogen-bond acceptors (Lipinski definition) is 5. The van der Waals surface area contributed by atoms with Gasteiger partial charge in [0.2, 0.25) is 0 Å². The highest BCUT2D eigenvalue weighted by molar-refractivity contribution is 5.65. The van der Waals surface area contributed by atoms with E-state index in [0.717, 1.165) is 38.5 Å². The number of carboxylic acids is 1. The summed E-state index contributed by atoms with van der Waals surface area (Å²) < 4.78 is 1.76. The molecule has 118 valence electrons. The van der Waals surface area contributed by atoms with Crippen molar-refractivity contribution in [2.24, 2.45) is 17.3 Å². The summed E-state index contributed by atoms with van der Waals surface area (Å²) in [5.74, 6) is 0.0243. The molecule has 7 heteroatoms. The van der Waals surface area contributed by atoms with E-state index in [2.05, 4.69) is 5.10 Å². The largest absolute Gasteiger partial charge is 0.550 e. The molecule has 0 aromatic carbocycles. The third-order valence-electron chi connectivity index (χ3n) is 5.94. The van der Waals surface area contributed by atoms with Gasteiger partial charge in [0.25, 0.3) is 0 Å². The topological polar surface area (TPSA) is 101 Å². The number of rotatable bonds is 4. The fourth-order valence-electron chi connectivity index (χ4n) is 5.85. The normalized spacial score (nSPS) is 39.1. The first-order valence-electron chi connectivity index (χ1n) is 7.79. The molecule has 4 saturated carbocycles. The molecule has 0 radical (unpaired) electrons. The zero-order chi connectivity index (χ0) is 15.5. The minimum absolute atomic E-state index is 0.00435. The molecule has 0 aliphatic heterocycles. The van der Waals surface area contributed by atoms with E-state index < -0.39 is 10.9 Å². The van der Waals surface area contributed by atoms with Crippen LogP contribution in [0.2, 0.25) is 0 Å². The van der Waals surface area contributed by atoms with Crippen molar-refractivity contribution in [2.45, 2.75) is 50.5 Å². The molecule has 0 N–H and O–H groups in total. The smallest absolute Gasteiger partial charge is 0.307 e. The maximum atomic E-state index is 11.2. The number of nitro groups is 1. The quantitative estimate of drug-likeness (QED) is 0.615. The maximum absolute atomic E-state index is 11.2. The molecular weight excluding hydrogens is 286 g/mol. The van der Waals surface area contributed by atoms with E-state index in [-0.39, 0.29) is 23.1 Å². The van der Waals surface area contributed by atoms with Crippen LogP contribution in [0.5, 0.6) is 0 Å². The van der Waals surface area contributed by atoms with Crippen molar-refractivity contribution < 1.29 is 14.8 Å². The molecule has 2 unspecified atom stereocenters.